The van der Waals surface area contributed by atoms with Crippen LogP contribution in [0.2, 0.25) is 0 Å². The van der Waals surface area contributed by atoms with E-state index in [1.807, 2.05) is 41.9 Å². The van der Waals surface area contributed by atoms with Crippen molar-refractivity contribution in [3.8, 4) is 11.5 Å². The lowest BCUT2D eigenvalue weighted by Crippen LogP contribution is -2.54. The number of hydrogen-bond donors (Lipinski definition) is 4. The number of nitrogens with one attached hydrogen (secondary N) is 2. The number of rotatable bonds is 5. The summed E-state index contributed by atoms with van der Waals surface area (Å²) >= 11 is 0. The van der Waals surface area contributed by atoms with E-state index in [0.717, 1.165) is 28.6 Å². The van der Waals surface area contributed by atoms with Crippen molar-refractivity contribution in [3.05, 3.63) is 22.3 Å². The quantitative estimate of drug-likeness (QED) is 0.233. The second-order valence-electron chi connectivity index (χ2n) is 9.06. The predicted molar refractivity (Wildman–Crippen MR) is 119 cm³/mol. The molecule has 10 heteroatoms. The van der Waals surface area contributed by atoms with Crippen LogP contribution in [0.25, 0.3) is 0 Å². The van der Waals surface area contributed by atoms with Crippen molar-refractivity contribution in [2.24, 2.45) is 15.9 Å². The third kappa shape index (κ3) is 5.72. The summed E-state index contributed by atoms with van der Waals surface area (Å²) in [4.78, 5) is 24.5. The zero-order valence-electron chi connectivity index (χ0n) is 19.3. The highest BCUT2D eigenvalue weighted by Gasteiger charge is 2.41. The van der Waals surface area contributed by atoms with Gasteiger partial charge < -0.3 is 25.4 Å². The number of nitrogens with two attached hydrogens (primary N) is 1. The van der Waals surface area contributed by atoms with E-state index in [1.54, 1.807) is 6.92 Å². The molecule has 2 amide bonds. The number of ether oxygens (including phenoxy) is 1. The minimum Gasteiger partial charge on any atom is -0.507 e. The number of amides is 2. The Hall–Kier alpha value is -3.14. The first-order chi connectivity index (χ1) is 14.2. The number of fused-ring (bicyclic) bond motifs is 1. The van der Waals surface area contributed by atoms with Crippen molar-refractivity contribution in [3.63, 3.8) is 0 Å². The smallest absolute Gasteiger partial charge is 0.280 e. The highest BCUT2D eigenvalue weighted by Crippen LogP contribution is 2.43. The number of aromatic hydroxyl groups is 1. The number of quaternary nitrogens is 1. The molecule has 1 aromatic rings. The zero-order valence-corrected chi connectivity index (χ0v) is 19.3. The van der Waals surface area contributed by atoms with Crippen LogP contribution in [0.15, 0.2) is 10.2 Å². The summed E-state index contributed by atoms with van der Waals surface area (Å²) in [7, 11) is 5.67. The van der Waals surface area contributed by atoms with Crippen molar-refractivity contribution >= 4 is 24.1 Å². The molecule has 0 aliphatic carbocycles. The number of carbonyl (C=O) groups is 2. The van der Waals surface area contributed by atoms with Gasteiger partial charge in [0.1, 0.15) is 17.8 Å². The third-order valence-corrected chi connectivity index (χ3v) is 5.31. The summed E-state index contributed by atoms with van der Waals surface area (Å²) in [6.45, 7) is 7.47. The van der Waals surface area contributed by atoms with E-state index in [9.17, 15) is 14.7 Å². The molecular formula is C21H33N6O4+. The second kappa shape index (κ2) is 8.93. The molecule has 170 valence electrons. The molecule has 10 nitrogen and oxygen atoms in total. The SMILES string of the molecule is Cc1c(C)c2c(c(C)c1O)CCC(C)(C(=O)NC(N)=N/N=C/NC(=O)C[N+](C)(C)C)O2. The molecule has 2 rings (SSSR count). The van der Waals surface area contributed by atoms with E-state index in [1.165, 1.54) is 0 Å². The molecule has 0 bridgehead atoms. The number of hydrogen-bond acceptors (Lipinski definition) is 6. The van der Waals surface area contributed by atoms with Crippen molar-refractivity contribution in [1.29, 1.82) is 0 Å². The maximum absolute atomic E-state index is 12.8. The molecule has 0 aromatic heterocycles. The molecule has 0 radical (unpaired) electrons. The number of benzene rings is 1. The number of phenolic OH excluding ortho intramolecular Hbond substituents is 1. The van der Waals surface area contributed by atoms with Gasteiger partial charge in [0.25, 0.3) is 11.8 Å². The van der Waals surface area contributed by atoms with E-state index in [0.29, 0.717) is 23.1 Å². The molecule has 1 atom stereocenters. The van der Waals surface area contributed by atoms with Crippen LogP contribution in [0, 0.1) is 20.8 Å². The monoisotopic (exact) mass is 433 g/mol. The normalized spacial score (nSPS) is 19.0. The van der Waals surface area contributed by atoms with Gasteiger partial charge in [-0.05, 0) is 50.8 Å². The summed E-state index contributed by atoms with van der Waals surface area (Å²) in [5.41, 5.74) is 7.79. The van der Waals surface area contributed by atoms with E-state index < -0.39 is 11.5 Å². The van der Waals surface area contributed by atoms with Crippen LogP contribution < -0.4 is 21.1 Å². The lowest BCUT2D eigenvalue weighted by Gasteiger charge is -2.36. The predicted octanol–water partition coefficient (Wildman–Crippen LogP) is 0.598. The standard InChI is InChI=1S/C21H32N6O4/c1-12-13(2)18-15(14(3)17(12)29)8-9-21(4,31-18)19(30)25-20(22)26-24-11-23-16(28)10-27(5,6)7/h11H,8-10H2,1-7H3,(H4-,22,23,24,25,26,28,29,30)/p+1. The summed E-state index contributed by atoms with van der Waals surface area (Å²) in [5, 5.41) is 22.6. The van der Waals surface area contributed by atoms with Gasteiger partial charge >= 0.3 is 0 Å². The Morgan fingerprint density at radius 1 is 1.23 bits per heavy atom. The van der Waals surface area contributed by atoms with Gasteiger partial charge in [0.2, 0.25) is 5.96 Å². The number of likely N-dealkylation sites (N-methyl/N-ethyl adjacent to an activating group) is 1. The average Bonchev–Trinajstić information content (AvgIpc) is 2.66. The van der Waals surface area contributed by atoms with Crippen LogP contribution in [0.3, 0.4) is 0 Å². The van der Waals surface area contributed by atoms with Crippen LogP contribution in [-0.4, -0.2) is 67.0 Å². The summed E-state index contributed by atoms with van der Waals surface area (Å²) in [6.07, 6.45) is 2.10. The molecule has 1 aromatic carbocycles. The Kier molecular flexibility index (Phi) is 6.95. The second-order valence-corrected chi connectivity index (χ2v) is 9.06. The first kappa shape index (κ1) is 24.1. The fraction of sp³-hybridized carbons (Fsp3) is 0.524. The van der Waals surface area contributed by atoms with Gasteiger partial charge in [-0.3, -0.25) is 14.9 Å². The van der Waals surface area contributed by atoms with E-state index in [2.05, 4.69) is 20.8 Å². The fourth-order valence-electron chi connectivity index (χ4n) is 3.35. The lowest BCUT2D eigenvalue weighted by atomic mass is 9.86. The van der Waals surface area contributed by atoms with Crippen LogP contribution in [-0.2, 0) is 16.0 Å². The first-order valence-electron chi connectivity index (χ1n) is 10.0. The number of guanidine groups is 1. The minimum atomic E-state index is -1.16. The van der Waals surface area contributed by atoms with E-state index in [-0.39, 0.29) is 24.2 Å². The molecule has 1 aliphatic heterocycles. The van der Waals surface area contributed by atoms with Gasteiger partial charge in [0.05, 0.1) is 21.1 Å². The van der Waals surface area contributed by atoms with E-state index in [4.69, 9.17) is 10.5 Å². The van der Waals surface area contributed by atoms with Gasteiger partial charge in [-0.1, -0.05) is 0 Å². The summed E-state index contributed by atoms with van der Waals surface area (Å²) < 4.78 is 6.58. The Morgan fingerprint density at radius 2 is 1.87 bits per heavy atom. The fourth-order valence-corrected chi connectivity index (χ4v) is 3.35. The Labute approximate surface area is 182 Å². The van der Waals surface area contributed by atoms with Crippen molar-refractivity contribution < 1.29 is 23.9 Å². The highest BCUT2D eigenvalue weighted by molar-refractivity contribution is 6.00. The summed E-state index contributed by atoms with van der Waals surface area (Å²) in [6, 6.07) is 0. The van der Waals surface area contributed by atoms with Crippen LogP contribution in [0.4, 0.5) is 0 Å². The largest absolute Gasteiger partial charge is 0.507 e. The molecule has 1 unspecified atom stereocenters. The van der Waals surface area contributed by atoms with Crippen LogP contribution >= 0.6 is 0 Å². The topological polar surface area (TPSA) is 138 Å². The Balaban J connectivity index is 2.05. The lowest BCUT2D eigenvalue weighted by molar-refractivity contribution is -0.862. The Bertz CT molecular complexity index is 948. The Morgan fingerprint density at radius 3 is 2.48 bits per heavy atom. The van der Waals surface area contributed by atoms with E-state index >= 15 is 0 Å². The maximum atomic E-state index is 12.8. The van der Waals surface area contributed by atoms with Gasteiger partial charge in [0.15, 0.2) is 12.1 Å². The van der Waals surface area contributed by atoms with Gasteiger partial charge in [-0.15, -0.1) is 10.2 Å². The van der Waals surface area contributed by atoms with Crippen molar-refractivity contribution in [2.45, 2.75) is 46.1 Å². The molecule has 0 fully saturated rings. The zero-order chi connectivity index (χ0) is 23.6. The molecule has 0 saturated heterocycles. The summed E-state index contributed by atoms with van der Waals surface area (Å²) in [5.74, 6) is -0.0114. The van der Waals surface area contributed by atoms with Crippen molar-refractivity contribution in [1.82, 2.24) is 10.6 Å². The van der Waals surface area contributed by atoms with Gasteiger partial charge in [0, 0.05) is 12.0 Å². The molecule has 0 spiro atoms. The molecule has 31 heavy (non-hydrogen) atoms. The average molecular weight is 434 g/mol. The number of phenols is 1. The number of nitrogens with zero attached hydrogens (tertiary/aromatic N) is 3. The van der Waals surface area contributed by atoms with Gasteiger partial charge in [-0.25, -0.2) is 0 Å². The third-order valence-electron chi connectivity index (χ3n) is 5.31. The molecule has 0 saturated carbocycles. The molecular weight excluding hydrogens is 400 g/mol. The number of carbonyl (C=O) groups excluding carboxylic acids is 2. The van der Waals surface area contributed by atoms with Crippen molar-refractivity contribution in [2.75, 3.05) is 27.7 Å². The molecule has 5 N–H and O–H groups in total. The highest BCUT2D eigenvalue weighted by atomic mass is 16.5. The van der Waals surface area contributed by atoms with Crippen LogP contribution in [0.5, 0.6) is 11.5 Å². The van der Waals surface area contributed by atoms with Crippen LogP contribution in [0.1, 0.15) is 35.6 Å². The molecule has 1 heterocycles. The first-order valence-corrected chi connectivity index (χ1v) is 10.0. The molecule has 1 aliphatic rings. The maximum Gasteiger partial charge on any atom is 0.280 e. The minimum absolute atomic E-state index is 0.215. The van der Waals surface area contributed by atoms with Gasteiger partial charge in [-0.2, -0.15) is 0 Å².